The summed E-state index contributed by atoms with van der Waals surface area (Å²) in [5.74, 6) is -1.68. The molecule has 0 aliphatic heterocycles. The van der Waals surface area contributed by atoms with Crippen LogP contribution in [0, 0.1) is 0 Å². The zero-order valence-corrected chi connectivity index (χ0v) is 90.0. The first-order valence-electron chi connectivity index (χ1n) is 48.4. The van der Waals surface area contributed by atoms with Crippen LogP contribution in [0.2, 0.25) is 0 Å². The molecule has 4 aromatic heterocycles. The minimum Gasteiger partial charge on any atom is -0.528 e. The zero-order valence-electron chi connectivity index (χ0n) is 85.5. The van der Waals surface area contributed by atoms with Crippen molar-refractivity contribution in [3.8, 4) is 0 Å². The van der Waals surface area contributed by atoms with E-state index >= 15 is 0 Å². The van der Waals surface area contributed by atoms with Crippen LogP contribution in [0.15, 0.2) is 238 Å². The van der Waals surface area contributed by atoms with Crippen LogP contribution in [0.3, 0.4) is 0 Å². The molecule has 5 amide bonds. The van der Waals surface area contributed by atoms with Gasteiger partial charge in [0.1, 0.15) is 51.5 Å². The predicted octanol–water partition coefficient (Wildman–Crippen LogP) is 10.7. The Kier molecular flexibility index (Phi) is 53.7. The predicted molar refractivity (Wildman–Crippen MR) is 557 cm³/mol. The number of aldehydes is 1. The smallest absolute Gasteiger partial charge is 0.528 e. The fourth-order valence-electron chi connectivity index (χ4n) is 14.6. The Bertz CT molecular complexity index is 6240. The summed E-state index contributed by atoms with van der Waals surface area (Å²) in [6, 6.07) is 58.9. The number of aliphatic hydroxyl groups is 1. The number of fused-ring (bicyclic) bond motifs is 2. The van der Waals surface area contributed by atoms with Crippen molar-refractivity contribution >= 4 is 108 Å². The molecule has 0 radical (unpaired) electrons. The summed E-state index contributed by atoms with van der Waals surface area (Å²) in [5, 5.41) is 40.8. The maximum Gasteiger partial charge on any atom is 1.00 e. The zero-order chi connectivity index (χ0) is 107. The van der Waals surface area contributed by atoms with Crippen LogP contribution in [0.25, 0.3) is 4.72 Å². The summed E-state index contributed by atoms with van der Waals surface area (Å²) < 4.78 is 127. The van der Waals surface area contributed by atoms with Crippen LogP contribution in [-0.2, 0) is 188 Å². The number of hydrogen-bond donors (Lipinski definition) is 7. The number of nitrogens with zero attached hydrogens (tertiary/aromatic N) is 12. The number of hydrogen-bond acceptors (Lipinski definition) is 28. The second kappa shape index (κ2) is 65.6. The van der Waals surface area contributed by atoms with Crippen LogP contribution in [0.1, 0.15) is 172 Å². The van der Waals surface area contributed by atoms with Gasteiger partial charge in [0.05, 0.1) is 53.4 Å². The molecular formula is C104H135N18NaO23S3. The number of nitrogens with two attached hydrogens (primary N) is 1. The van der Waals surface area contributed by atoms with Gasteiger partial charge in [0, 0.05) is 138 Å². The first kappa shape index (κ1) is 122. The summed E-state index contributed by atoms with van der Waals surface area (Å²) in [6.07, 6.45) is 21.6. The Balaban J connectivity index is 0.000000250. The Morgan fingerprint density at radius 3 is 1.12 bits per heavy atom. The number of aromatic nitrogens is 8. The molecule has 7 aromatic carbocycles. The molecule has 2 aliphatic rings. The molecule has 8 N–H and O–H groups in total. The van der Waals surface area contributed by atoms with E-state index in [1.165, 1.54) is 61.1 Å². The molecule has 0 saturated carbocycles. The Hall–Kier alpha value is -14.0. The third kappa shape index (κ3) is 48.2. The van der Waals surface area contributed by atoms with Gasteiger partial charge in [-0.2, -0.15) is 37.2 Å². The van der Waals surface area contributed by atoms with Gasteiger partial charge < -0.3 is 73.8 Å². The standard InChI is InChI=1S/C30H36N4O5S.C21H30N4O6S.C16H22N4O4S.C15H20N4O2.C11H15NO3.C11H13NO3.Na/c1-33-20-25(19-31-33)34(16-6-5-15-30(36)39-21-22-9-3-2-4-10-22)40(37,38)32-29(35)18-28-26-13-7-11-23(26)17-24-12-8-14-27(24)28;1-21(2,3)31-20(27)23-32(28,29)25(18-14-22-24(4)15-18)13-9-8-12-19(26)30-16-17-10-6-5-7-11-17;1-19-12-15(11-18-19)20(25(17,22)23)10-6-5-9-16(21)24-13-14-7-3-2-4-8-14;1-19-11-14(10-18-19)16-8-5-9-17-15(20)21-12-13-6-3-2-4-7-13;2*13-8-4-7-12-11(14)15-9-10-5-2-1-3-6-10;/h2-4,9-10,17,19-20H,5-8,11-16,18,21H2,1H3,(H,32,35);5-7,10-11,14-15H,8-9,12-13,16H2,1-4H3,(H,23,27);2-4,7-8,11-12H,5-6,9-10,13H2,1H3,(H2,17,22,23);2-4,6-7,10-11,16H,5,8-9,12H2,1H3,(H,17,20);1-3,5-6,13H,4,7-9H2,(H,12,14);1-3,5-6,8H,4,7,9H2,(H,12,14);/q;;;;;;+1/p-1. The maximum absolute atomic E-state index is 13.4. The quantitative estimate of drug-likeness (QED) is 0.00612. The van der Waals surface area contributed by atoms with Crippen molar-refractivity contribution in [2.24, 2.45) is 33.3 Å². The van der Waals surface area contributed by atoms with E-state index in [0.717, 1.165) is 115 Å². The second-order valence-electron chi connectivity index (χ2n) is 35.0. The van der Waals surface area contributed by atoms with Gasteiger partial charge in [0.15, 0.2) is 10.2 Å². The van der Waals surface area contributed by atoms with E-state index in [1.807, 2.05) is 200 Å². The van der Waals surface area contributed by atoms with Crippen LogP contribution < -0.4 is 73.6 Å². The largest absolute Gasteiger partial charge is 1.00 e. The molecule has 11 aromatic rings. The average Bonchev–Trinajstić information content (AvgIpc) is 1.64. The van der Waals surface area contributed by atoms with Gasteiger partial charge in [0.2, 0.25) is 0 Å². The number of unbranched alkanes of at least 4 members (excludes halogenated alkanes) is 3. The molecule has 0 saturated heterocycles. The summed E-state index contributed by atoms with van der Waals surface area (Å²) in [5.41, 5.74) is 12.7. The molecule has 149 heavy (non-hydrogen) atoms. The van der Waals surface area contributed by atoms with Crippen molar-refractivity contribution in [1.82, 2.24) is 59.8 Å². The number of rotatable bonds is 48. The molecule has 0 fully saturated rings. The van der Waals surface area contributed by atoms with E-state index in [-0.39, 0.29) is 144 Å². The summed E-state index contributed by atoms with van der Waals surface area (Å²) >= 11 is 0. The third-order valence-corrected chi connectivity index (χ3v) is 25.5. The molecule has 41 nitrogen and oxygen atoms in total. The molecular weight excluding hydrogens is 1990 g/mol. The van der Waals surface area contributed by atoms with E-state index in [2.05, 4.69) is 52.5 Å². The fraction of sp³-hybridized carbons (Fsp3) is 0.394. The van der Waals surface area contributed by atoms with Gasteiger partial charge in [-0.25, -0.2) is 37.5 Å². The molecule has 13 rings (SSSR count). The first-order chi connectivity index (χ1) is 71.0. The van der Waals surface area contributed by atoms with Gasteiger partial charge in [-0.15, -0.1) is 0 Å². The van der Waals surface area contributed by atoms with Crippen molar-refractivity contribution in [2.45, 2.75) is 188 Å². The summed E-state index contributed by atoms with van der Waals surface area (Å²) in [6.45, 7) is 8.77. The number of anilines is 4. The van der Waals surface area contributed by atoms with Crippen molar-refractivity contribution in [1.29, 1.82) is 0 Å². The summed E-state index contributed by atoms with van der Waals surface area (Å²) in [7, 11) is -5.55. The minimum absolute atomic E-state index is 0. The Labute approximate surface area is 893 Å². The number of aryl methyl sites for hydroxylation is 6. The Morgan fingerprint density at radius 1 is 0.430 bits per heavy atom. The molecule has 0 atom stereocenters. The van der Waals surface area contributed by atoms with Crippen LogP contribution in [-0.4, -0.2) is 182 Å². The monoisotopic (exact) mass is 2120 g/mol. The van der Waals surface area contributed by atoms with E-state index in [9.17, 15) is 68.4 Å². The van der Waals surface area contributed by atoms with E-state index in [1.54, 1.807) is 65.2 Å². The van der Waals surface area contributed by atoms with Gasteiger partial charge >= 0.3 is 82.0 Å². The molecule has 45 heteroatoms. The van der Waals surface area contributed by atoms with Crippen LogP contribution >= 0.6 is 0 Å². The molecule has 4 heterocycles. The third-order valence-electron chi connectivity index (χ3n) is 21.7. The second-order valence-corrected chi connectivity index (χ2v) is 39.5. The van der Waals surface area contributed by atoms with E-state index in [4.69, 9.17) is 43.4 Å². The number of carbonyl (C=O) groups excluding carboxylic acids is 9. The maximum atomic E-state index is 13.4. The molecule has 0 spiro atoms. The number of alkyl carbamates (subject to hydrolysis) is 3. The Morgan fingerprint density at radius 2 is 0.772 bits per heavy atom. The fourth-order valence-corrected chi connectivity index (χ4v) is 17.6. The van der Waals surface area contributed by atoms with Crippen molar-refractivity contribution < 1.29 is 136 Å². The topological polar surface area (TPSA) is 522 Å². The molecule has 798 valence electrons. The average molecular weight is 2120 g/mol. The minimum atomic E-state index is -4.32. The van der Waals surface area contributed by atoms with Crippen molar-refractivity contribution in [3.63, 3.8) is 0 Å². The number of esters is 3. The number of ether oxygens (including phenoxy) is 7. The van der Waals surface area contributed by atoms with Crippen LogP contribution in [0.4, 0.5) is 41.9 Å². The molecule has 0 bridgehead atoms. The number of benzene rings is 7. The normalized spacial score (nSPS) is 11.5. The van der Waals surface area contributed by atoms with Gasteiger partial charge in [-0.3, -0.25) is 46.0 Å². The van der Waals surface area contributed by atoms with Crippen molar-refractivity contribution in [3.05, 3.63) is 304 Å². The SMILES string of the molecule is Cn1cc(N(CCCCC(=O)OCc2ccccc2)S(=O)(=O)NC(=O)OC(C)(C)C)cn1.Cn1cc(N(CCCCC(=O)OCc2ccccc2)S(=O)(=O)[N-]C(=O)Cc2c3c(cc4c2CCC4)CCC3)cn1.Cn1cc(N(CCCCC(=O)OCc2ccccc2)S(N)(=O)=O)cn1.Cn1cc(NCCCNC(=O)OCc2ccccc2)cn1.O=C(NCCCO)OCc1ccccc1.O=CCCNC(=O)OCc1ccccc1.[Na+]. The number of amides is 5. The van der Waals surface area contributed by atoms with E-state index < -0.39 is 60.4 Å². The van der Waals surface area contributed by atoms with Crippen LogP contribution in [0.5, 0.6) is 0 Å². The van der Waals surface area contributed by atoms with Gasteiger partial charge in [-0.1, -0.05) is 188 Å². The number of carbonyl (C=O) groups is 9. The summed E-state index contributed by atoms with van der Waals surface area (Å²) in [4.78, 5) is 105. The van der Waals surface area contributed by atoms with Gasteiger partial charge in [0.25, 0.3) is 10.2 Å². The number of nitrogens with one attached hydrogen (secondary N) is 5. The van der Waals surface area contributed by atoms with Gasteiger partial charge in [-0.05, 0) is 172 Å². The molecule has 0 unspecified atom stereocenters. The van der Waals surface area contributed by atoms with E-state index in [0.29, 0.717) is 89.0 Å². The van der Waals surface area contributed by atoms with Crippen molar-refractivity contribution in [2.75, 3.05) is 70.7 Å². The first-order valence-corrected chi connectivity index (χ1v) is 52.8. The number of aliphatic hydroxyl groups excluding tert-OH is 1. The molecule has 2 aliphatic carbocycles.